The van der Waals surface area contributed by atoms with Gasteiger partial charge in [0.2, 0.25) is 0 Å². The van der Waals surface area contributed by atoms with Crippen molar-refractivity contribution in [1.82, 2.24) is 4.98 Å². The lowest BCUT2D eigenvalue weighted by Gasteiger charge is -2.20. The average Bonchev–Trinajstić information content (AvgIpc) is 2.53. The number of anilines is 1. The van der Waals surface area contributed by atoms with Gasteiger partial charge in [0.1, 0.15) is 17.7 Å². The number of fused-ring (bicyclic) bond motifs is 1. The van der Waals surface area contributed by atoms with E-state index < -0.39 is 11.3 Å². The molecule has 0 saturated heterocycles. The maximum atomic E-state index is 12.5. The second-order valence-corrected chi connectivity index (χ2v) is 15.6. The lowest BCUT2D eigenvalue weighted by molar-refractivity contribution is -0.119. The Hall–Kier alpha value is 0.0469. The topological polar surface area (TPSA) is 42.4 Å². The van der Waals surface area contributed by atoms with Gasteiger partial charge >= 0.3 is 0 Å². The summed E-state index contributed by atoms with van der Waals surface area (Å²) in [7, 11) is -1.14. The van der Waals surface area contributed by atoms with Crippen LogP contribution in [0.3, 0.4) is 0 Å². The molecule has 2 heterocycles. The van der Waals surface area contributed by atoms with E-state index in [9.17, 15) is 4.79 Å². The van der Waals surface area contributed by atoms with Gasteiger partial charge in [-0.1, -0.05) is 63.1 Å². The Morgan fingerprint density at radius 2 is 2.05 bits per heavy atom. The van der Waals surface area contributed by atoms with Crippen molar-refractivity contribution in [3.8, 4) is 0 Å². The van der Waals surface area contributed by atoms with Crippen LogP contribution in [0, 0.1) is 0 Å². The van der Waals surface area contributed by atoms with Gasteiger partial charge in [-0.2, -0.15) is 0 Å². The number of nitrogens with zero attached hydrogens (tertiary/aromatic N) is 2. The highest BCUT2D eigenvalue weighted by molar-refractivity contribution is 9.25. The van der Waals surface area contributed by atoms with Crippen LogP contribution in [-0.2, 0) is 12.8 Å². The van der Waals surface area contributed by atoms with Gasteiger partial charge in [-0.15, -0.1) is 0 Å². The summed E-state index contributed by atoms with van der Waals surface area (Å²) >= 11 is 12.7. The van der Waals surface area contributed by atoms with E-state index in [1.165, 1.54) is 4.90 Å². The third-order valence-corrected chi connectivity index (χ3v) is 6.61. The molecule has 0 N–H and O–H groups in total. The van der Waals surface area contributed by atoms with E-state index in [-0.39, 0.29) is 12.6 Å². The number of hydrogen-bond acceptors (Lipinski definition) is 3. The number of halogens is 3. The Labute approximate surface area is 147 Å². The minimum absolute atomic E-state index is 0.153. The number of amides is 1. The molecule has 4 nitrogen and oxygen atoms in total. The van der Waals surface area contributed by atoms with Crippen molar-refractivity contribution in [3.63, 3.8) is 0 Å². The number of alkyl halides is 2. The monoisotopic (exact) mass is 454 g/mol. The minimum Gasteiger partial charge on any atom is -0.361 e. The molecule has 8 heteroatoms. The second-order valence-electron chi connectivity index (χ2n) is 6.16. The molecule has 1 amide bonds. The maximum absolute atomic E-state index is 12.5. The zero-order chi connectivity index (χ0) is 15.8. The summed E-state index contributed by atoms with van der Waals surface area (Å²) < 4.78 is 4.72. The molecule has 0 aliphatic carbocycles. The first-order chi connectivity index (χ1) is 9.63. The van der Waals surface area contributed by atoms with E-state index in [2.05, 4.69) is 56.5 Å². The first-order valence-electron chi connectivity index (χ1n) is 6.57. The fraction of sp³-hybridized carbons (Fsp3) is 0.538. The second kappa shape index (κ2) is 6.27. The summed E-state index contributed by atoms with van der Waals surface area (Å²) in [6.07, 6.45) is 0. The number of rotatable bonds is 5. The standard InChI is InChI=1S/C13H17Br2ClN2O2Si/c1-21(2,3)7-6-20-8-18-11-9(4-5-10(16)17-11)13(14,15)12(18)19/h4-5H,6-8H2,1-3H3. The lowest BCUT2D eigenvalue weighted by atomic mass is 10.2. The highest BCUT2D eigenvalue weighted by Gasteiger charge is 2.48. The summed E-state index contributed by atoms with van der Waals surface area (Å²) in [5.74, 6) is 0.384. The van der Waals surface area contributed by atoms with Crippen LogP contribution < -0.4 is 4.90 Å². The highest BCUT2D eigenvalue weighted by atomic mass is 79.9. The zero-order valence-corrected chi connectivity index (χ0v) is 17.0. The van der Waals surface area contributed by atoms with Crippen molar-refractivity contribution >= 4 is 63.3 Å². The number of carbonyl (C=O) groups excluding carboxylic acids is 1. The van der Waals surface area contributed by atoms with E-state index in [4.69, 9.17) is 16.3 Å². The van der Waals surface area contributed by atoms with Crippen LogP contribution in [0.15, 0.2) is 12.1 Å². The molecule has 0 radical (unpaired) electrons. The van der Waals surface area contributed by atoms with Crippen LogP contribution in [0.1, 0.15) is 5.56 Å². The molecule has 0 atom stereocenters. The molecule has 1 aliphatic rings. The molecule has 21 heavy (non-hydrogen) atoms. The van der Waals surface area contributed by atoms with Crippen molar-refractivity contribution in [3.05, 3.63) is 22.8 Å². The van der Waals surface area contributed by atoms with E-state index in [1.54, 1.807) is 12.1 Å². The average molecular weight is 457 g/mol. The van der Waals surface area contributed by atoms with Gasteiger partial charge in [0.15, 0.2) is 3.23 Å². The van der Waals surface area contributed by atoms with Gasteiger partial charge in [-0.25, -0.2) is 4.98 Å². The Morgan fingerprint density at radius 3 is 2.67 bits per heavy atom. The van der Waals surface area contributed by atoms with Gasteiger partial charge in [-0.05, 0) is 18.2 Å². The Kier molecular flexibility index (Phi) is 5.20. The van der Waals surface area contributed by atoms with Gasteiger partial charge in [0.25, 0.3) is 5.91 Å². The smallest absolute Gasteiger partial charge is 0.262 e. The molecule has 0 aromatic carbocycles. The first-order valence-corrected chi connectivity index (χ1v) is 12.2. The van der Waals surface area contributed by atoms with Crippen molar-refractivity contribution < 1.29 is 9.53 Å². The maximum Gasteiger partial charge on any atom is 0.262 e. The van der Waals surface area contributed by atoms with Gasteiger partial charge in [-0.3, -0.25) is 9.69 Å². The van der Waals surface area contributed by atoms with Gasteiger partial charge in [0.05, 0.1) is 0 Å². The molecule has 0 fully saturated rings. The van der Waals surface area contributed by atoms with Gasteiger partial charge < -0.3 is 4.74 Å². The fourth-order valence-electron chi connectivity index (χ4n) is 1.91. The Morgan fingerprint density at radius 1 is 1.38 bits per heavy atom. The molecule has 1 aliphatic heterocycles. The van der Waals surface area contributed by atoms with Crippen molar-refractivity contribution in [2.24, 2.45) is 0 Å². The van der Waals surface area contributed by atoms with E-state index in [1.807, 2.05) is 0 Å². The predicted octanol–water partition coefficient (Wildman–Crippen LogP) is 4.34. The van der Waals surface area contributed by atoms with E-state index in [0.29, 0.717) is 17.6 Å². The van der Waals surface area contributed by atoms with Crippen LogP contribution in [0.2, 0.25) is 30.8 Å². The first kappa shape index (κ1) is 17.4. The number of pyridine rings is 1. The molecule has 0 unspecified atom stereocenters. The van der Waals surface area contributed by atoms with Crippen LogP contribution in [0.5, 0.6) is 0 Å². The summed E-state index contributed by atoms with van der Waals surface area (Å²) in [4.78, 5) is 18.2. The van der Waals surface area contributed by atoms with Crippen LogP contribution >= 0.6 is 43.5 Å². The van der Waals surface area contributed by atoms with Crippen LogP contribution in [0.4, 0.5) is 5.82 Å². The fourth-order valence-corrected chi connectivity index (χ4v) is 3.86. The summed E-state index contributed by atoms with van der Waals surface area (Å²) in [5.41, 5.74) is 0.741. The Balaban J connectivity index is 2.11. The molecule has 0 saturated carbocycles. The normalized spacial score (nSPS) is 17.2. The number of hydrogen-bond donors (Lipinski definition) is 0. The molecule has 0 bridgehead atoms. The number of aromatic nitrogens is 1. The quantitative estimate of drug-likeness (QED) is 0.287. The summed E-state index contributed by atoms with van der Waals surface area (Å²) in [6.45, 7) is 7.69. The third kappa shape index (κ3) is 3.88. The SMILES string of the molecule is C[Si](C)(C)CCOCN1C(=O)C(Br)(Br)c2ccc(Cl)nc21. The number of carbonyl (C=O) groups is 1. The third-order valence-electron chi connectivity index (χ3n) is 3.17. The van der Waals surface area contributed by atoms with Gasteiger partial charge in [0, 0.05) is 20.2 Å². The molecule has 0 spiro atoms. The predicted molar refractivity (Wildman–Crippen MR) is 95.2 cm³/mol. The molecule has 116 valence electrons. The molecular formula is C13H17Br2ClN2O2Si. The van der Waals surface area contributed by atoms with E-state index >= 15 is 0 Å². The van der Waals surface area contributed by atoms with Crippen molar-refractivity contribution in [1.29, 1.82) is 0 Å². The number of ether oxygens (including phenoxy) is 1. The highest BCUT2D eigenvalue weighted by Crippen LogP contribution is 2.49. The van der Waals surface area contributed by atoms with Crippen LogP contribution in [-0.4, -0.2) is 32.3 Å². The summed E-state index contributed by atoms with van der Waals surface area (Å²) in [5, 5.41) is 0.353. The van der Waals surface area contributed by atoms with Crippen molar-refractivity contribution in [2.45, 2.75) is 28.9 Å². The van der Waals surface area contributed by atoms with Crippen molar-refractivity contribution in [2.75, 3.05) is 18.2 Å². The zero-order valence-electron chi connectivity index (χ0n) is 12.1. The Bertz CT molecular complexity index is 564. The summed E-state index contributed by atoms with van der Waals surface area (Å²) in [6, 6.07) is 4.51. The molecular weight excluding hydrogens is 440 g/mol. The van der Waals surface area contributed by atoms with Crippen LogP contribution in [0.25, 0.3) is 0 Å². The minimum atomic E-state index is -1.14. The molecule has 2 rings (SSSR count). The largest absolute Gasteiger partial charge is 0.361 e. The lowest BCUT2D eigenvalue weighted by Crippen LogP contribution is -2.35. The van der Waals surface area contributed by atoms with E-state index in [0.717, 1.165) is 11.6 Å². The molecule has 1 aromatic rings. The molecule has 1 aromatic heterocycles.